The summed E-state index contributed by atoms with van der Waals surface area (Å²) in [5, 5.41) is 11.5. The summed E-state index contributed by atoms with van der Waals surface area (Å²) in [6, 6.07) is 21.2. The second-order valence-corrected chi connectivity index (χ2v) is 6.18. The van der Waals surface area contributed by atoms with E-state index in [1.165, 1.54) is 0 Å². The van der Waals surface area contributed by atoms with Crippen LogP contribution in [0.5, 0.6) is 5.75 Å². The molecule has 0 aliphatic heterocycles. The summed E-state index contributed by atoms with van der Waals surface area (Å²) in [6.07, 6.45) is 0. The van der Waals surface area contributed by atoms with Crippen LogP contribution in [0.4, 0.5) is 0 Å². The van der Waals surface area contributed by atoms with Gasteiger partial charge in [0.2, 0.25) is 11.0 Å². The Labute approximate surface area is 150 Å². The van der Waals surface area contributed by atoms with Gasteiger partial charge >= 0.3 is 5.97 Å². The van der Waals surface area contributed by atoms with E-state index in [-0.39, 0.29) is 0 Å². The van der Waals surface area contributed by atoms with Crippen molar-refractivity contribution in [3.63, 3.8) is 0 Å². The predicted molar refractivity (Wildman–Crippen MR) is 102 cm³/mol. The number of aryl methyl sites for hydroxylation is 1. The quantitative estimate of drug-likeness (QED) is 0.448. The Morgan fingerprint density at radius 1 is 0.923 bits per heavy atom. The minimum atomic E-state index is -0.923. The number of pyridine rings is 1. The number of hydrogen-bond acceptors (Lipinski definition) is 2. The molecular weight excluding hydrogens is 326 g/mol. The number of carboxylic acids is 1. The summed E-state index contributed by atoms with van der Waals surface area (Å²) in [7, 11) is 3.59. The molecule has 0 bridgehead atoms. The van der Waals surface area contributed by atoms with Gasteiger partial charge in [-0.15, -0.1) is 0 Å². The van der Waals surface area contributed by atoms with Crippen molar-refractivity contribution >= 4 is 27.8 Å². The van der Waals surface area contributed by atoms with E-state index in [2.05, 4.69) is 0 Å². The number of methoxy groups -OCH3 is 1. The molecule has 0 amide bonds. The number of aromatic nitrogens is 1. The molecule has 4 rings (SSSR count). The van der Waals surface area contributed by atoms with Crippen LogP contribution < -0.4 is 9.30 Å². The summed E-state index contributed by atoms with van der Waals surface area (Å²) in [5.74, 6) is -0.156. The smallest absolute Gasteiger partial charge is 0.337 e. The monoisotopic (exact) mass is 344 g/mol. The maximum absolute atomic E-state index is 12.2. The first-order chi connectivity index (χ1) is 12.6. The lowest BCUT2D eigenvalue weighted by molar-refractivity contribution is -0.617. The van der Waals surface area contributed by atoms with E-state index in [1.54, 1.807) is 7.11 Å². The van der Waals surface area contributed by atoms with Gasteiger partial charge < -0.3 is 9.84 Å². The Balaban J connectivity index is 2.17. The number of rotatable bonds is 3. The zero-order chi connectivity index (χ0) is 18.3. The number of carboxylic acid groups (broad SMARTS) is 1. The Morgan fingerprint density at radius 2 is 1.62 bits per heavy atom. The molecule has 4 aromatic rings. The lowest BCUT2D eigenvalue weighted by Gasteiger charge is -2.11. The van der Waals surface area contributed by atoms with E-state index in [1.807, 2.05) is 78.3 Å². The molecular formula is C22H18NO3+. The fourth-order valence-electron chi connectivity index (χ4n) is 3.56. The second-order valence-electron chi connectivity index (χ2n) is 6.18. The van der Waals surface area contributed by atoms with Gasteiger partial charge in [-0.2, -0.15) is 4.57 Å². The molecule has 0 aliphatic rings. The molecule has 1 N–H and O–H groups in total. The summed E-state index contributed by atoms with van der Waals surface area (Å²) in [4.78, 5) is 12.2. The summed E-state index contributed by atoms with van der Waals surface area (Å²) >= 11 is 0. The zero-order valence-corrected chi connectivity index (χ0v) is 14.6. The van der Waals surface area contributed by atoms with Crippen LogP contribution in [0.25, 0.3) is 32.9 Å². The normalized spacial score (nSPS) is 11.0. The van der Waals surface area contributed by atoms with Crippen LogP contribution >= 0.6 is 0 Å². The topological polar surface area (TPSA) is 50.4 Å². The van der Waals surface area contributed by atoms with Crippen molar-refractivity contribution in [1.29, 1.82) is 0 Å². The number of ether oxygens (including phenoxy) is 1. The van der Waals surface area contributed by atoms with Crippen LogP contribution in [0.2, 0.25) is 0 Å². The van der Waals surface area contributed by atoms with Crippen molar-refractivity contribution in [1.82, 2.24) is 0 Å². The molecule has 0 aliphatic carbocycles. The van der Waals surface area contributed by atoms with Crippen molar-refractivity contribution in [2.75, 3.05) is 7.11 Å². The molecule has 0 atom stereocenters. The Morgan fingerprint density at radius 3 is 2.31 bits per heavy atom. The molecule has 4 nitrogen and oxygen atoms in total. The SMILES string of the molecule is COc1ccc(-c2cccc3c2c(C(=O)O)c2ccccc2[n+]3C)cc1. The standard InChI is InChI=1S/C22H17NO3/c1-23-18-8-4-3-6-17(18)21(22(24)25)20-16(7-5-9-19(20)23)14-10-12-15(26-2)13-11-14/h3-13H,1-2H3/p+1. The van der Waals surface area contributed by atoms with Crippen molar-refractivity contribution < 1.29 is 19.2 Å². The average molecular weight is 344 g/mol. The van der Waals surface area contributed by atoms with Gasteiger partial charge in [0.15, 0.2) is 0 Å². The Kier molecular flexibility index (Phi) is 3.81. The van der Waals surface area contributed by atoms with Crippen molar-refractivity contribution in [3.8, 4) is 16.9 Å². The molecule has 0 spiro atoms. The van der Waals surface area contributed by atoms with Crippen molar-refractivity contribution in [2.45, 2.75) is 0 Å². The van der Waals surface area contributed by atoms with Gasteiger partial charge in [-0.05, 0) is 29.3 Å². The first-order valence-corrected chi connectivity index (χ1v) is 8.33. The van der Waals surface area contributed by atoms with Crippen molar-refractivity contribution in [3.05, 3.63) is 72.3 Å². The molecule has 3 aromatic carbocycles. The van der Waals surface area contributed by atoms with Crippen LogP contribution in [-0.2, 0) is 7.05 Å². The number of carbonyl (C=O) groups is 1. The minimum Gasteiger partial charge on any atom is -0.497 e. The summed E-state index contributed by atoms with van der Waals surface area (Å²) in [5.41, 5.74) is 3.96. The molecule has 26 heavy (non-hydrogen) atoms. The Hall–Kier alpha value is -3.40. The number of nitrogens with zero attached hydrogens (tertiary/aromatic N) is 1. The first-order valence-electron chi connectivity index (χ1n) is 8.33. The number of para-hydroxylation sites is 1. The van der Waals surface area contributed by atoms with E-state index >= 15 is 0 Å². The molecule has 4 heteroatoms. The van der Waals surface area contributed by atoms with E-state index in [9.17, 15) is 9.90 Å². The average Bonchev–Trinajstić information content (AvgIpc) is 2.68. The highest BCUT2D eigenvalue weighted by Crippen LogP contribution is 2.34. The van der Waals surface area contributed by atoms with E-state index < -0.39 is 5.97 Å². The van der Waals surface area contributed by atoms with Gasteiger partial charge in [0.25, 0.3) is 0 Å². The first kappa shape index (κ1) is 16.1. The van der Waals surface area contributed by atoms with E-state index in [0.29, 0.717) is 5.56 Å². The third-order valence-electron chi connectivity index (χ3n) is 4.80. The molecule has 0 unspecified atom stereocenters. The van der Waals surface area contributed by atoms with Crippen LogP contribution in [-0.4, -0.2) is 18.2 Å². The molecule has 1 aromatic heterocycles. The maximum Gasteiger partial charge on any atom is 0.337 e. The highest BCUT2D eigenvalue weighted by Gasteiger charge is 2.24. The number of fused-ring (bicyclic) bond motifs is 2. The third-order valence-corrected chi connectivity index (χ3v) is 4.80. The van der Waals surface area contributed by atoms with E-state index in [4.69, 9.17) is 4.74 Å². The third kappa shape index (κ3) is 2.39. The zero-order valence-electron chi connectivity index (χ0n) is 14.6. The number of hydrogen-bond donors (Lipinski definition) is 1. The molecule has 0 saturated heterocycles. The maximum atomic E-state index is 12.2. The molecule has 0 saturated carbocycles. The molecule has 128 valence electrons. The van der Waals surface area contributed by atoms with Crippen LogP contribution in [0, 0.1) is 0 Å². The highest BCUT2D eigenvalue weighted by atomic mass is 16.5. The van der Waals surface area contributed by atoms with Gasteiger partial charge in [-0.3, -0.25) is 0 Å². The minimum absolute atomic E-state index is 0.333. The lowest BCUT2D eigenvalue weighted by atomic mass is 9.94. The Bertz CT molecular complexity index is 1150. The fourth-order valence-corrected chi connectivity index (χ4v) is 3.56. The second kappa shape index (κ2) is 6.15. The lowest BCUT2D eigenvalue weighted by Crippen LogP contribution is -2.31. The van der Waals surface area contributed by atoms with Gasteiger partial charge in [0.05, 0.1) is 23.4 Å². The molecule has 1 heterocycles. The van der Waals surface area contributed by atoms with Gasteiger partial charge in [0, 0.05) is 12.1 Å². The van der Waals surface area contributed by atoms with E-state index in [0.717, 1.165) is 38.7 Å². The number of benzene rings is 3. The van der Waals surface area contributed by atoms with Crippen molar-refractivity contribution in [2.24, 2.45) is 7.05 Å². The molecule has 0 fully saturated rings. The summed E-state index contributed by atoms with van der Waals surface area (Å²) < 4.78 is 7.28. The summed E-state index contributed by atoms with van der Waals surface area (Å²) in [6.45, 7) is 0. The highest BCUT2D eigenvalue weighted by molar-refractivity contribution is 6.16. The van der Waals surface area contributed by atoms with Crippen LogP contribution in [0.3, 0.4) is 0 Å². The van der Waals surface area contributed by atoms with Crippen LogP contribution in [0.1, 0.15) is 10.4 Å². The largest absolute Gasteiger partial charge is 0.497 e. The van der Waals surface area contributed by atoms with Gasteiger partial charge in [0.1, 0.15) is 12.8 Å². The molecule has 0 radical (unpaired) electrons. The van der Waals surface area contributed by atoms with Gasteiger partial charge in [-0.1, -0.05) is 36.4 Å². The number of aromatic carboxylic acids is 1. The van der Waals surface area contributed by atoms with Crippen LogP contribution in [0.15, 0.2) is 66.7 Å². The fraction of sp³-hybridized carbons (Fsp3) is 0.0909. The van der Waals surface area contributed by atoms with Gasteiger partial charge in [-0.25, -0.2) is 4.79 Å². The predicted octanol–water partition coefficient (Wildman–Crippen LogP) is 4.19.